The molecule has 2 saturated carbocycles. The van der Waals surface area contributed by atoms with Crippen molar-refractivity contribution < 1.29 is 9.90 Å². The van der Waals surface area contributed by atoms with E-state index >= 15 is 0 Å². The van der Waals surface area contributed by atoms with Crippen molar-refractivity contribution >= 4 is 5.78 Å². The molecule has 2 fully saturated rings. The third-order valence-electron chi connectivity index (χ3n) is 3.40. The highest BCUT2D eigenvalue weighted by Gasteiger charge is 2.49. The molecule has 12 heavy (non-hydrogen) atoms. The molecule has 1 N–H and O–H groups in total. The molecular formula is C10H14O2. The van der Waals surface area contributed by atoms with Crippen molar-refractivity contribution in [1.82, 2.24) is 0 Å². The van der Waals surface area contributed by atoms with Gasteiger partial charge in [0.2, 0.25) is 0 Å². The van der Waals surface area contributed by atoms with E-state index < -0.39 is 5.60 Å². The smallest absolute Gasteiger partial charge is 0.164 e. The molecule has 2 aliphatic carbocycles. The van der Waals surface area contributed by atoms with Crippen molar-refractivity contribution in [3.63, 3.8) is 0 Å². The van der Waals surface area contributed by atoms with E-state index in [9.17, 15) is 9.90 Å². The van der Waals surface area contributed by atoms with Gasteiger partial charge in [-0.05, 0) is 37.7 Å². The van der Waals surface area contributed by atoms with Crippen LogP contribution in [0.1, 0.15) is 26.2 Å². The number of ketones is 1. The first-order valence-electron chi connectivity index (χ1n) is 4.48. The Balaban J connectivity index is 2.35. The van der Waals surface area contributed by atoms with E-state index in [1.165, 1.54) is 0 Å². The summed E-state index contributed by atoms with van der Waals surface area (Å²) >= 11 is 0. The van der Waals surface area contributed by atoms with Gasteiger partial charge >= 0.3 is 0 Å². The monoisotopic (exact) mass is 166 g/mol. The Hall–Kier alpha value is -0.630. The summed E-state index contributed by atoms with van der Waals surface area (Å²) in [5, 5.41) is 9.89. The van der Waals surface area contributed by atoms with Crippen molar-refractivity contribution in [3.05, 3.63) is 12.2 Å². The van der Waals surface area contributed by atoms with Gasteiger partial charge in [-0.3, -0.25) is 4.79 Å². The van der Waals surface area contributed by atoms with Gasteiger partial charge in [0.15, 0.2) is 5.78 Å². The Morgan fingerprint density at radius 3 is 2.92 bits per heavy atom. The molecule has 0 spiro atoms. The average Bonchev–Trinajstić information content (AvgIpc) is 2.24. The number of allylic oxidation sites excluding steroid dienone is 1. The molecule has 2 bridgehead atoms. The van der Waals surface area contributed by atoms with Gasteiger partial charge in [0.25, 0.3) is 0 Å². The van der Waals surface area contributed by atoms with E-state index in [0.717, 1.165) is 24.8 Å². The maximum atomic E-state index is 11.5. The van der Waals surface area contributed by atoms with Crippen LogP contribution < -0.4 is 0 Å². The number of rotatable bonds is 0. The summed E-state index contributed by atoms with van der Waals surface area (Å²) in [5.41, 5.74) is -0.0229. The minimum atomic E-state index is -0.771. The topological polar surface area (TPSA) is 37.3 Å². The van der Waals surface area contributed by atoms with Gasteiger partial charge in [-0.15, -0.1) is 0 Å². The molecule has 2 aliphatic rings. The molecule has 0 aromatic carbocycles. The fourth-order valence-corrected chi connectivity index (χ4v) is 2.43. The molecule has 66 valence electrons. The zero-order valence-corrected chi connectivity index (χ0v) is 7.34. The molecule has 0 amide bonds. The predicted molar refractivity (Wildman–Crippen MR) is 45.6 cm³/mol. The first-order valence-corrected chi connectivity index (χ1v) is 4.48. The van der Waals surface area contributed by atoms with Crippen LogP contribution in [-0.4, -0.2) is 16.5 Å². The summed E-state index contributed by atoms with van der Waals surface area (Å²) in [6, 6.07) is 0. The number of carbonyl (C=O) groups is 1. The van der Waals surface area contributed by atoms with Crippen molar-refractivity contribution in [2.75, 3.05) is 0 Å². The quantitative estimate of drug-likeness (QED) is 0.551. The number of aliphatic hydroxyl groups is 1. The minimum absolute atomic E-state index is 0.0995. The summed E-state index contributed by atoms with van der Waals surface area (Å²) in [4.78, 5) is 11.5. The summed E-state index contributed by atoms with van der Waals surface area (Å²) in [7, 11) is 0. The molecule has 2 nitrogen and oxygen atoms in total. The van der Waals surface area contributed by atoms with E-state index in [0.29, 0.717) is 5.92 Å². The van der Waals surface area contributed by atoms with E-state index in [4.69, 9.17) is 0 Å². The highest BCUT2D eigenvalue weighted by Crippen LogP contribution is 2.47. The first kappa shape index (κ1) is 7.99. The standard InChI is InChI=1S/C10H14O2/c1-6-7-3-4-10(2,12)8(5-7)9(6)11/h7-8,12H,1,3-5H2,2H3/t7-,8+,10-/m0/s1. The summed E-state index contributed by atoms with van der Waals surface area (Å²) in [5.74, 6) is 0.300. The molecule has 2 heteroatoms. The lowest BCUT2D eigenvalue weighted by Gasteiger charge is -2.32. The third kappa shape index (κ3) is 0.876. The zero-order chi connectivity index (χ0) is 8.93. The van der Waals surface area contributed by atoms with Crippen LogP contribution in [0.25, 0.3) is 0 Å². The SMILES string of the molecule is C=C1C(=O)[C@H]2C[C@@H]1CC[C@]2(C)O. The summed E-state index contributed by atoms with van der Waals surface area (Å²) in [6.45, 7) is 5.55. The van der Waals surface area contributed by atoms with Crippen molar-refractivity contribution in [2.24, 2.45) is 11.8 Å². The number of Topliss-reactive ketones (excluding diaryl/α,β-unsaturated/α-hetero) is 1. The van der Waals surface area contributed by atoms with Gasteiger partial charge in [-0.2, -0.15) is 0 Å². The summed E-state index contributed by atoms with van der Waals surface area (Å²) < 4.78 is 0. The molecule has 0 unspecified atom stereocenters. The predicted octanol–water partition coefficient (Wildman–Crippen LogP) is 1.29. The molecule has 0 aromatic heterocycles. The van der Waals surface area contributed by atoms with Crippen LogP contribution in [0.4, 0.5) is 0 Å². The number of carbonyl (C=O) groups excluding carboxylic acids is 1. The molecule has 0 radical (unpaired) electrons. The Morgan fingerprint density at radius 1 is 1.67 bits per heavy atom. The van der Waals surface area contributed by atoms with E-state index in [1.54, 1.807) is 6.92 Å². The van der Waals surface area contributed by atoms with Crippen LogP contribution in [0.2, 0.25) is 0 Å². The molecule has 0 aliphatic heterocycles. The summed E-state index contributed by atoms with van der Waals surface area (Å²) in [6.07, 6.45) is 2.49. The second-order valence-corrected chi connectivity index (χ2v) is 4.27. The van der Waals surface area contributed by atoms with E-state index in [2.05, 4.69) is 6.58 Å². The Labute approximate surface area is 72.3 Å². The van der Waals surface area contributed by atoms with E-state index in [-0.39, 0.29) is 11.7 Å². The lowest BCUT2D eigenvalue weighted by atomic mass is 9.77. The van der Waals surface area contributed by atoms with Crippen LogP contribution in [0.3, 0.4) is 0 Å². The third-order valence-corrected chi connectivity index (χ3v) is 3.40. The molecule has 2 rings (SSSR count). The zero-order valence-electron chi connectivity index (χ0n) is 7.34. The molecule has 0 heterocycles. The Bertz CT molecular complexity index is 253. The van der Waals surface area contributed by atoms with Crippen molar-refractivity contribution in [3.8, 4) is 0 Å². The Morgan fingerprint density at radius 2 is 2.33 bits per heavy atom. The van der Waals surface area contributed by atoms with Crippen LogP contribution >= 0.6 is 0 Å². The van der Waals surface area contributed by atoms with Crippen LogP contribution in [0, 0.1) is 11.8 Å². The first-order chi connectivity index (χ1) is 5.52. The maximum Gasteiger partial charge on any atom is 0.164 e. The van der Waals surface area contributed by atoms with Crippen LogP contribution in [0.15, 0.2) is 12.2 Å². The van der Waals surface area contributed by atoms with Crippen molar-refractivity contribution in [1.29, 1.82) is 0 Å². The molecule has 3 atom stereocenters. The second kappa shape index (κ2) is 2.19. The number of fused-ring (bicyclic) bond motifs is 2. The van der Waals surface area contributed by atoms with Gasteiger partial charge in [-0.1, -0.05) is 6.58 Å². The largest absolute Gasteiger partial charge is 0.389 e. The van der Waals surface area contributed by atoms with Gasteiger partial charge in [-0.25, -0.2) is 0 Å². The highest BCUT2D eigenvalue weighted by molar-refractivity contribution is 6.00. The van der Waals surface area contributed by atoms with Crippen molar-refractivity contribution in [2.45, 2.75) is 31.8 Å². The van der Waals surface area contributed by atoms with Gasteiger partial charge in [0.1, 0.15) is 0 Å². The lowest BCUT2D eigenvalue weighted by molar-refractivity contribution is -0.126. The number of hydrogen-bond acceptors (Lipinski definition) is 2. The Kier molecular flexibility index (Phi) is 1.46. The fraction of sp³-hybridized carbons (Fsp3) is 0.700. The number of hydrogen-bond donors (Lipinski definition) is 1. The molecule has 0 aromatic rings. The molecule has 0 saturated heterocycles. The van der Waals surface area contributed by atoms with Crippen LogP contribution in [0.5, 0.6) is 0 Å². The van der Waals surface area contributed by atoms with Crippen LogP contribution in [-0.2, 0) is 4.79 Å². The minimum Gasteiger partial charge on any atom is -0.389 e. The van der Waals surface area contributed by atoms with E-state index in [1.807, 2.05) is 0 Å². The lowest BCUT2D eigenvalue weighted by Crippen LogP contribution is -2.38. The van der Waals surface area contributed by atoms with Gasteiger partial charge in [0.05, 0.1) is 11.5 Å². The fourth-order valence-electron chi connectivity index (χ4n) is 2.43. The second-order valence-electron chi connectivity index (χ2n) is 4.27. The average molecular weight is 166 g/mol. The molecular weight excluding hydrogens is 152 g/mol. The normalized spacial score (nSPS) is 46.8. The maximum absolute atomic E-state index is 11.5. The highest BCUT2D eigenvalue weighted by atomic mass is 16.3. The van der Waals surface area contributed by atoms with Gasteiger partial charge in [0, 0.05) is 0 Å². The van der Waals surface area contributed by atoms with Gasteiger partial charge < -0.3 is 5.11 Å².